The van der Waals surface area contributed by atoms with Gasteiger partial charge in [-0.2, -0.15) is 0 Å². The van der Waals surface area contributed by atoms with E-state index in [9.17, 15) is 0 Å². The number of hydrogen-bond acceptors (Lipinski definition) is 2. The predicted molar refractivity (Wildman–Crippen MR) is 31.3 cm³/mol. The predicted octanol–water partition coefficient (Wildman–Crippen LogP) is -0.351. The largest absolute Gasteiger partial charge is 0.412 e. The third-order valence-electron chi connectivity index (χ3n) is 0.314. The lowest BCUT2D eigenvalue weighted by molar-refractivity contribution is 0.824. The Morgan fingerprint density at radius 1 is 1.00 bits per heavy atom. The normalized spacial score (nSPS) is 7.71. The highest BCUT2D eigenvalue weighted by Crippen LogP contribution is 1.61. The topological polar surface area (TPSA) is 55.6 Å². The summed E-state index contributed by atoms with van der Waals surface area (Å²) in [6.45, 7) is 1.37. The molecule has 0 aromatic rings. The van der Waals surface area contributed by atoms with Gasteiger partial charge in [0.15, 0.2) is 0 Å². The zero-order valence-corrected chi connectivity index (χ0v) is 5.18. The monoisotopic (exact) mass is 146 g/mol. The highest BCUT2D eigenvalue weighted by atomic mass is 35.5. The van der Waals surface area contributed by atoms with Crippen LogP contribution in [-0.2, 0) is 0 Å². The highest BCUT2D eigenvalue weighted by molar-refractivity contribution is 6.14. The number of halogens is 2. The van der Waals surface area contributed by atoms with E-state index in [2.05, 4.69) is 9.67 Å². The molecule has 0 unspecified atom stereocenters. The van der Waals surface area contributed by atoms with Gasteiger partial charge in [-0.15, -0.1) is 0 Å². The third-order valence-corrected chi connectivity index (χ3v) is 0.692. The van der Waals surface area contributed by atoms with Gasteiger partial charge in [0.05, 0.1) is 0 Å². The first-order valence-electron chi connectivity index (χ1n) is 1.59. The molecule has 0 fully saturated rings. The molecule has 0 saturated carbocycles. The van der Waals surface area contributed by atoms with Crippen LogP contribution in [0, 0.1) is 0 Å². The van der Waals surface area contributed by atoms with Gasteiger partial charge in [-0.3, -0.25) is 0 Å². The molecule has 5 heteroatoms. The molecule has 0 bridgehead atoms. The Morgan fingerprint density at radius 2 is 1.29 bits per heavy atom. The Kier molecular flexibility index (Phi) is 14.4. The van der Waals surface area contributed by atoms with Crippen LogP contribution < -0.4 is 9.67 Å². The van der Waals surface area contributed by atoms with Crippen LogP contribution in [0.2, 0.25) is 0 Å². The van der Waals surface area contributed by atoms with Gasteiger partial charge in [0.2, 0.25) is 0 Å². The molecular formula is C2H8Cl2N2O. The van der Waals surface area contributed by atoms with E-state index in [0.29, 0.717) is 13.1 Å². The number of rotatable bonds is 3. The molecule has 7 heavy (non-hydrogen) atoms. The molecule has 0 aliphatic rings. The van der Waals surface area contributed by atoms with Crippen molar-refractivity contribution in [2.45, 2.75) is 0 Å². The average molecular weight is 147 g/mol. The van der Waals surface area contributed by atoms with Crippen LogP contribution in [0.3, 0.4) is 0 Å². The fourth-order valence-corrected chi connectivity index (χ4v) is 0.283. The van der Waals surface area contributed by atoms with Crippen molar-refractivity contribution in [3.8, 4) is 0 Å². The van der Waals surface area contributed by atoms with E-state index in [1.54, 1.807) is 0 Å². The maximum Gasteiger partial charge on any atom is 0.0246 e. The summed E-state index contributed by atoms with van der Waals surface area (Å²) in [5, 5.41) is 0. The first kappa shape index (κ1) is 10.4. The van der Waals surface area contributed by atoms with E-state index in [1.165, 1.54) is 0 Å². The van der Waals surface area contributed by atoms with Crippen molar-refractivity contribution < 1.29 is 5.48 Å². The van der Waals surface area contributed by atoms with Crippen LogP contribution in [0.1, 0.15) is 0 Å². The lowest BCUT2D eigenvalue weighted by Crippen LogP contribution is -2.14. The lowest BCUT2D eigenvalue weighted by Gasteiger charge is -1.88. The molecule has 0 aromatic carbocycles. The van der Waals surface area contributed by atoms with Gasteiger partial charge in [-0.1, -0.05) is 0 Å². The number of nitrogens with one attached hydrogen (secondary N) is 2. The van der Waals surface area contributed by atoms with Crippen LogP contribution in [0.4, 0.5) is 0 Å². The van der Waals surface area contributed by atoms with Gasteiger partial charge in [-0.05, 0) is 23.6 Å². The molecule has 0 aromatic heterocycles. The summed E-state index contributed by atoms with van der Waals surface area (Å²) in [5.41, 5.74) is 0. The molecule has 0 aliphatic carbocycles. The minimum absolute atomic E-state index is 0. The maximum atomic E-state index is 5.03. The molecular weight excluding hydrogens is 139 g/mol. The SMILES string of the molecule is ClNCCNCl.O. The third kappa shape index (κ3) is 10.7. The van der Waals surface area contributed by atoms with E-state index in [-0.39, 0.29) is 5.48 Å². The molecule has 0 rings (SSSR count). The Bertz CT molecular complexity index is 25.7. The van der Waals surface area contributed by atoms with E-state index in [1.807, 2.05) is 0 Å². The van der Waals surface area contributed by atoms with Crippen LogP contribution in [-0.4, -0.2) is 18.6 Å². The average Bonchev–Trinajstić information content (AvgIpc) is 1.61. The highest BCUT2D eigenvalue weighted by Gasteiger charge is 1.74. The molecule has 3 nitrogen and oxygen atoms in total. The zero-order chi connectivity index (χ0) is 4.83. The van der Waals surface area contributed by atoms with Crippen LogP contribution in [0.15, 0.2) is 0 Å². The first-order valence-corrected chi connectivity index (χ1v) is 2.34. The summed E-state index contributed by atoms with van der Waals surface area (Å²) in [7, 11) is 0. The van der Waals surface area contributed by atoms with Gasteiger partial charge in [-0.25, -0.2) is 9.67 Å². The second-order valence-corrected chi connectivity index (χ2v) is 1.30. The van der Waals surface area contributed by atoms with Crippen molar-refractivity contribution in [3.05, 3.63) is 0 Å². The summed E-state index contributed by atoms with van der Waals surface area (Å²) >= 11 is 10.1. The second-order valence-electron chi connectivity index (χ2n) is 0.767. The number of hydrogen-bond donors (Lipinski definition) is 2. The maximum absolute atomic E-state index is 5.03. The molecule has 0 amide bonds. The molecule has 0 spiro atoms. The van der Waals surface area contributed by atoms with Crippen LogP contribution in [0.25, 0.3) is 0 Å². The van der Waals surface area contributed by atoms with E-state index < -0.39 is 0 Å². The Labute approximate surface area is 52.5 Å². The van der Waals surface area contributed by atoms with Gasteiger partial charge < -0.3 is 5.48 Å². The van der Waals surface area contributed by atoms with Crippen molar-refractivity contribution in [2.75, 3.05) is 13.1 Å². The second kappa shape index (κ2) is 9.68. The quantitative estimate of drug-likeness (QED) is 0.423. The van der Waals surface area contributed by atoms with Gasteiger partial charge >= 0.3 is 0 Å². The van der Waals surface area contributed by atoms with Crippen LogP contribution >= 0.6 is 23.6 Å². The molecule has 0 saturated heterocycles. The molecule has 46 valence electrons. The molecule has 0 heterocycles. The molecule has 4 N–H and O–H groups in total. The van der Waals surface area contributed by atoms with E-state index in [4.69, 9.17) is 23.6 Å². The fourth-order valence-electron chi connectivity index (χ4n) is 0.0945. The van der Waals surface area contributed by atoms with Gasteiger partial charge in [0.25, 0.3) is 0 Å². The summed E-state index contributed by atoms with van der Waals surface area (Å²) in [4.78, 5) is 4.79. The molecule has 0 atom stereocenters. The minimum Gasteiger partial charge on any atom is -0.412 e. The van der Waals surface area contributed by atoms with Crippen LogP contribution in [0.5, 0.6) is 0 Å². The zero-order valence-electron chi connectivity index (χ0n) is 3.67. The summed E-state index contributed by atoms with van der Waals surface area (Å²) in [5.74, 6) is 0. The molecule has 0 aliphatic heterocycles. The summed E-state index contributed by atoms with van der Waals surface area (Å²) in [6.07, 6.45) is 0. The lowest BCUT2D eigenvalue weighted by atomic mass is 10.7. The van der Waals surface area contributed by atoms with Crippen molar-refractivity contribution in [3.63, 3.8) is 0 Å². The Hall–Kier alpha value is 0.460. The van der Waals surface area contributed by atoms with E-state index >= 15 is 0 Å². The Morgan fingerprint density at radius 3 is 1.43 bits per heavy atom. The van der Waals surface area contributed by atoms with Gasteiger partial charge in [0, 0.05) is 13.1 Å². The van der Waals surface area contributed by atoms with Crippen molar-refractivity contribution in [1.29, 1.82) is 0 Å². The minimum atomic E-state index is 0. The standard InChI is InChI=1S/C2H6Cl2N2.H2O/c3-5-1-2-6-4;/h5-6H,1-2H2;1H2. The smallest absolute Gasteiger partial charge is 0.0246 e. The Balaban J connectivity index is 0. The summed E-state index contributed by atoms with van der Waals surface area (Å²) in [6, 6.07) is 0. The van der Waals surface area contributed by atoms with Crippen molar-refractivity contribution in [2.24, 2.45) is 0 Å². The fraction of sp³-hybridized carbons (Fsp3) is 1.00. The summed E-state index contributed by atoms with van der Waals surface area (Å²) < 4.78 is 0. The molecule has 0 radical (unpaired) electrons. The first-order chi connectivity index (χ1) is 2.91. The van der Waals surface area contributed by atoms with Gasteiger partial charge in [0.1, 0.15) is 0 Å². The van der Waals surface area contributed by atoms with Crippen molar-refractivity contribution >= 4 is 23.6 Å². The van der Waals surface area contributed by atoms with Crippen molar-refractivity contribution in [1.82, 2.24) is 9.67 Å². The van der Waals surface area contributed by atoms with E-state index in [0.717, 1.165) is 0 Å².